The van der Waals surface area contributed by atoms with Crippen LogP contribution in [0.5, 0.6) is 5.75 Å². The molecule has 0 aliphatic carbocycles. The van der Waals surface area contributed by atoms with E-state index >= 15 is 0 Å². The lowest BCUT2D eigenvalue weighted by Crippen LogP contribution is -2.49. The zero-order chi connectivity index (χ0) is 26.1. The molecule has 36 heavy (non-hydrogen) atoms. The normalized spacial score (nSPS) is 14.4. The van der Waals surface area contributed by atoms with E-state index in [0.717, 1.165) is 44.6 Å². The lowest BCUT2D eigenvalue weighted by atomic mass is 9.92. The molecule has 1 aliphatic rings. The van der Waals surface area contributed by atoms with Crippen LogP contribution in [-0.4, -0.2) is 77.1 Å². The molecule has 0 atom stereocenters. The van der Waals surface area contributed by atoms with Crippen molar-refractivity contribution in [1.82, 2.24) is 20.1 Å². The van der Waals surface area contributed by atoms with E-state index in [4.69, 9.17) is 9.84 Å². The minimum atomic E-state index is -0.975. The Bertz CT molecular complexity index is 1020. The predicted octanol–water partition coefficient (Wildman–Crippen LogP) is 3.70. The van der Waals surface area contributed by atoms with E-state index in [1.165, 1.54) is 6.20 Å². The zero-order valence-electron chi connectivity index (χ0n) is 21.3. The van der Waals surface area contributed by atoms with Gasteiger partial charge in [0.1, 0.15) is 5.75 Å². The fourth-order valence-corrected chi connectivity index (χ4v) is 3.83. The van der Waals surface area contributed by atoms with E-state index in [0.29, 0.717) is 30.9 Å². The molecule has 0 radical (unpaired) electrons. The van der Waals surface area contributed by atoms with Crippen LogP contribution in [0, 0.1) is 5.41 Å². The van der Waals surface area contributed by atoms with E-state index in [-0.39, 0.29) is 23.0 Å². The molecule has 3 rings (SSSR count). The maximum atomic E-state index is 12.6. The molecule has 1 aliphatic heterocycles. The van der Waals surface area contributed by atoms with Gasteiger partial charge in [0.05, 0.1) is 5.56 Å². The number of amides is 2. The Kier molecular flexibility index (Phi) is 9.41. The number of carbonyl (C=O) groups excluding carboxylic acids is 2. The summed E-state index contributed by atoms with van der Waals surface area (Å²) in [7, 11) is 0. The molecule has 0 bridgehead atoms. The number of pyridine rings is 1. The Morgan fingerprint density at radius 1 is 1.00 bits per heavy atom. The minimum absolute atomic E-state index is 0.138. The van der Waals surface area contributed by atoms with E-state index in [1.54, 1.807) is 41.3 Å². The fourth-order valence-electron chi connectivity index (χ4n) is 3.83. The maximum Gasteiger partial charge on any atom is 0.415 e. The summed E-state index contributed by atoms with van der Waals surface area (Å²) in [6.07, 6.45) is 3.56. The van der Waals surface area contributed by atoms with Gasteiger partial charge in [-0.05, 0) is 67.6 Å². The minimum Gasteiger partial charge on any atom is -0.478 e. The summed E-state index contributed by atoms with van der Waals surface area (Å²) in [4.78, 5) is 43.9. The van der Waals surface area contributed by atoms with Gasteiger partial charge in [0.15, 0.2) is 0 Å². The van der Waals surface area contributed by atoms with Crippen molar-refractivity contribution in [2.24, 2.45) is 5.41 Å². The van der Waals surface area contributed by atoms with Crippen LogP contribution in [0.4, 0.5) is 4.79 Å². The van der Waals surface area contributed by atoms with Gasteiger partial charge >= 0.3 is 12.1 Å². The summed E-state index contributed by atoms with van der Waals surface area (Å²) in [6.45, 7) is 10.6. The van der Waals surface area contributed by atoms with Gasteiger partial charge in [-0.2, -0.15) is 0 Å². The first-order valence-corrected chi connectivity index (χ1v) is 12.4. The van der Waals surface area contributed by atoms with Crippen LogP contribution in [0.2, 0.25) is 0 Å². The number of carboxylic acids is 1. The Labute approximate surface area is 212 Å². The first-order valence-electron chi connectivity index (χ1n) is 12.4. The van der Waals surface area contributed by atoms with Crippen LogP contribution in [0.1, 0.15) is 60.0 Å². The number of aromatic nitrogens is 1. The zero-order valence-corrected chi connectivity index (χ0v) is 21.3. The van der Waals surface area contributed by atoms with Crippen molar-refractivity contribution in [3.8, 4) is 5.75 Å². The maximum absolute atomic E-state index is 12.6. The number of carboxylic acid groups (broad SMARTS) is 1. The lowest BCUT2D eigenvalue weighted by molar-refractivity contribution is 0.0696. The average Bonchev–Trinajstić information content (AvgIpc) is 2.84. The van der Waals surface area contributed by atoms with Crippen molar-refractivity contribution in [2.45, 2.75) is 40.0 Å². The summed E-state index contributed by atoms with van der Waals surface area (Å²) >= 11 is 0. The van der Waals surface area contributed by atoms with Gasteiger partial charge in [0, 0.05) is 50.2 Å². The smallest absolute Gasteiger partial charge is 0.415 e. The van der Waals surface area contributed by atoms with Crippen molar-refractivity contribution in [3.05, 3.63) is 59.4 Å². The number of nitrogens with one attached hydrogen (secondary N) is 1. The molecule has 194 valence electrons. The molecule has 0 saturated carbocycles. The molecule has 1 saturated heterocycles. The number of aryl methyl sites for hydroxylation is 1. The second-order valence-corrected chi connectivity index (χ2v) is 10.2. The number of aromatic carboxylic acids is 1. The van der Waals surface area contributed by atoms with Crippen LogP contribution in [0.3, 0.4) is 0 Å². The van der Waals surface area contributed by atoms with Crippen molar-refractivity contribution >= 4 is 18.0 Å². The summed E-state index contributed by atoms with van der Waals surface area (Å²) in [6, 6.07) is 9.94. The van der Waals surface area contributed by atoms with Gasteiger partial charge in [0.25, 0.3) is 5.91 Å². The van der Waals surface area contributed by atoms with Crippen molar-refractivity contribution in [2.75, 3.05) is 39.3 Å². The Balaban J connectivity index is 1.36. The van der Waals surface area contributed by atoms with Crippen molar-refractivity contribution in [1.29, 1.82) is 0 Å². The number of hydrogen-bond acceptors (Lipinski definition) is 6. The number of nitrogens with zero attached hydrogens (tertiary/aromatic N) is 3. The molecule has 2 N–H and O–H groups in total. The molecule has 2 aromatic rings. The predicted molar refractivity (Wildman–Crippen MR) is 136 cm³/mol. The van der Waals surface area contributed by atoms with Crippen LogP contribution in [0.25, 0.3) is 0 Å². The van der Waals surface area contributed by atoms with Gasteiger partial charge in [-0.15, -0.1) is 0 Å². The second-order valence-electron chi connectivity index (χ2n) is 10.2. The van der Waals surface area contributed by atoms with E-state index in [2.05, 4.69) is 36.0 Å². The Morgan fingerprint density at radius 3 is 2.25 bits per heavy atom. The Hall–Kier alpha value is -3.46. The first kappa shape index (κ1) is 27.1. The molecule has 0 unspecified atom stereocenters. The highest BCUT2D eigenvalue weighted by Crippen LogP contribution is 2.18. The third-order valence-electron chi connectivity index (χ3n) is 6.09. The second kappa shape index (κ2) is 12.5. The highest BCUT2D eigenvalue weighted by Gasteiger charge is 2.22. The SMILES string of the molecule is CC(C)(C)CCNC(=O)c1ccc(OC(=O)N2CCN(CCCc3ccc(C(=O)O)cn3)CC2)cc1. The average molecular weight is 497 g/mol. The number of ether oxygens (including phenoxy) is 1. The first-order chi connectivity index (χ1) is 17.1. The van der Waals surface area contributed by atoms with E-state index in [9.17, 15) is 14.4 Å². The van der Waals surface area contributed by atoms with Gasteiger partial charge in [-0.1, -0.05) is 20.8 Å². The standard InChI is InChI=1S/C27H36N4O5/c1-27(2,3)12-13-28-24(32)20-7-10-23(11-8-20)36-26(35)31-17-15-30(16-18-31)14-4-5-22-9-6-21(19-29-22)25(33)34/h6-11,19H,4-5,12-18H2,1-3H3,(H,28,32)(H,33,34). The number of piperazine rings is 1. The largest absolute Gasteiger partial charge is 0.478 e. The molecule has 2 heterocycles. The molecule has 0 spiro atoms. The number of benzene rings is 1. The summed E-state index contributed by atoms with van der Waals surface area (Å²) in [5.41, 5.74) is 1.75. The molecule has 9 heteroatoms. The number of rotatable bonds is 9. The van der Waals surface area contributed by atoms with Crippen LogP contribution in [-0.2, 0) is 6.42 Å². The molecular weight excluding hydrogens is 460 g/mol. The van der Waals surface area contributed by atoms with E-state index in [1.807, 2.05) is 0 Å². The highest BCUT2D eigenvalue weighted by molar-refractivity contribution is 5.94. The van der Waals surface area contributed by atoms with Crippen LogP contribution < -0.4 is 10.1 Å². The fraction of sp³-hybridized carbons (Fsp3) is 0.481. The summed E-state index contributed by atoms with van der Waals surface area (Å²) < 4.78 is 5.50. The van der Waals surface area contributed by atoms with Crippen molar-refractivity contribution in [3.63, 3.8) is 0 Å². The van der Waals surface area contributed by atoms with Crippen LogP contribution in [0.15, 0.2) is 42.6 Å². The highest BCUT2D eigenvalue weighted by atomic mass is 16.6. The molecule has 2 amide bonds. The number of hydrogen-bond donors (Lipinski definition) is 2. The monoisotopic (exact) mass is 496 g/mol. The molecule has 1 aromatic carbocycles. The quantitative estimate of drug-likeness (QED) is 0.544. The molecule has 1 fully saturated rings. The Morgan fingerprint density at radius 2 is 1.67 bits per heavy atom. The molecule has 9 nitrogen and oxygen atoms in total. The van der Waals surface area contributed by atoms with Crippen molar-refractivity contribution < 1.29 is 24.2 Å². The molecule has 1 aromatic heterocycles. The third-order valence-corrected chi connectivity index (χ3v) is 6.09. The van der Waals surface area contributed by atoms with Crippen LogP contribution >= 0.6 is 0 Å². The lowest BCUT2D eigenvalue weighted by Gasteiger charge is -2.34. The van der Waals surface area contributed by atoms with Gasteiger partial charge in [-0.3, -0.25) is 14.7 Å². The summed E-state index contributed by atoms with van der Waals surface area (Å²) in [5, 5.41) is 11.9. The number of carbonyl (C=O) groups is 3. The topological polar surface area (TPSA) is 112 Å². The van der Waals surface area contributed by atoms with Gasteiger partial charge in [0.2, 0.25) is 0 Å². The third kappa shape index (κ3) is 8.64. The van der Waals surface area contributed by atoms with Gasteiger partial charge < -0.3 is 20.1 Å². The molecular formula is C27H36N4O5. The van der Waals surface area contributed by atoms with Gasteiger partial charge in [-0.25, -0.2) is 9.59 Å². The van der Waals surface area contributed by atoms with E-state index < -0.39 is 5.97 Å². The summed E-state index contributed by atoms with van der Waals surface area (Å²) in [5.74, 6) is -0.701.